The van der Waals surface area contributed by atoms with E-state index in [0.29, 0.717) is 25.0 Å². The van der Waals surface area contributed by atoms with Gasteiger partial charge in [0.1, 0.15) is 0 Å². The van der Waals surface area contributed by atoms with E-state index in [1.165, 1.54) is 0 Å². The zero-order chi connectivity index (χ0) is 8.27. The molecule has 62 valence electrons. The molecule has 11 heavy (non-hydrogen) atoms. The van der Waals surface area contributed by atoms with Crippen molar-refractivity contribution in [3.63, 3.8) is 0 Å². The number of carbonyl (C=O) groups is 1. The lowest BCUT2D eigenvalue weighted by molar-refractivity contribution is -0.138. The van der Waals surface area contributed by atoms with Gasteiger partial charge in [-0.3, -0.25) is 0 Å². The molecule has 0 fully saturated rings. The maximum atomic E-state index is 11.0. The van der Waals surface area contributed by atoms with Crippen LogP contribution in [-0.2, 0) is 9.53 Å². The molecule has 0 aromatic carbocycles. The van der Waals surface area contributed by atoms with Crippen LogP contribution in [0.5, 0.6) is 0 Å². The van der Waals surface area contributed by atoms with Crippen LogP contribution in [0.1, 0.15) is 19.8 Å². The van der Waals surface area contributed by atoms with Crippen molar-refractivity contribution in [3.05, 3.63) is 11.6 Å². The van der Waals surface area contributed by atoms with Crippen molar-refractivity contribution in [1.82, 2.24) is 0 Å². The number of hydrogen-bond donors (Lipinski definition) is 1. The summed E-state index contributed by atoms with van der Waals surface area (Å²) in [6.45, 7) is 2.16. The molecule has 1 aliphatic carbocycles. The SMILES string of the molecule is CCOC(=O)C1=CC(O)CC1. The highest BCUT2D eigenvalue weighted by Crippen LogP contribution is 2.19. The van der Waals surface area contributed by atoms with Crippen LogP contribution in [0.2, 0.25) is 0 Å². The van der Waals surface area contributed by atoms with E-state index in [9.17, 15) is 4.79 Å². The van der Waals surface area contributed by atoms with E-state index >= 15 is 0 Å². The van der Waals surface area contributed by atoms with Crippen LogP contribution in [0.3, 0.4) is 0 Å². The second-order valence-electron chi connectivity index (χ2n) is 2.52. The Labute approximate surface area is 65.7 Å². The molecule has 1 aliphatic rings. The van der Waals surface area contributed by atoms with Gasteiger partial charge in [0.25, 0.3) is 0 Å². The molecular weight excluding hydrogens is 144 g/mol. The number of aliphatic hydroxyl groups excluding tert-OH is 1. The van der Waals surface area contributed by atoms with Gasteiger partial charge in [0, 0.05) is 5.57 Å². The van der Waals surface area contributed by atoms with E-state index in [2.05, 4.69) is 0 Å². The maximum absolute atomic E-state index is 11.0. The highest BCUT2D eigenvalue weighted by molar-refractivity contribution is 5.89. The Morgan fingerprint density at radius 3 is 3.09 bits per heavy atom. The predicted octanol–water partition coefficient (Wildman–Crippen LogP) is 0.631. The van der Waals surface area contributed by atoms with Crippen molar-refractivity contribution in [1.29, 1.82) is 0 Å². The fourth-order valence-electron chi connectivity index (χ4n) is 1.10. The van der Waals surface area contributed by atoms with E-state index in [1.807, 2.05) is 0 Å². The van der Waals surface area contributed by atoms with Crippen LogP contribution >= 0.6 is 0 Å². The third-order valence-electron chi connectivity index (χ3n) is 1.64. The summed E-state index contributed by atoms with van der Waals surface area (Å²) in [5.74, 6) is -0.288. The van der Waals surface area contributed by atoms with Crippen molar-refractivity contribution >= 4 is 5.97 Å². The van der Waals surface area contributed by atoms with Crippen LogP contribution in [0.4, 0.5) is 0 Å². The molecule has 0 bridgehead atoms. The lowest BCUT2D eigenvalue weighted by Crippen LogP contribution is -2.05. The van der Waals surface area contributed by atoms with E-state index < -0.39 is 6.10 Å². The first kappa shape index (κ1) is 8.27. The van der Waals surface area contributed by atoms with Crippen molar-refractivity contribution in [2.45, 2.75) is 25.9 Å². The third-order valence-corrected chi connectivity index (χ3v) is 1.64. The van der Waals surface area contributed by atoms with Crippen LogP contribution in [0, 0.1) is 0 Å². The standard InChI is InChI=1S/C8H12O3/c1-2-11-8(10)6-3-4-7(9)5-6/h5,7,9H,2-4H2,1H3. The van der Waals surface area contributed by atoms with Gasteiger partial charge in [-0.25, -0.2) is 4.79 Å². The molecule has 3 heteroatoms. The summed E-state index contributed by atoms with van der Waals surface area (Å²) >= 11 is 0. The molecule has 0 radical (unpaired) electrons. The molecule has 3 nitrogen and oxygen atoms in total. The number of hydrogen-bond acceptors (Lipinski definition) is 3. The molecule has 1 unspecified atom stereocenters. The Morgan fingerprint density at radius 1 is 1.91 bits per heavy atom. The summed E-state index contributed by atoms with van der Waals surface area (Å²) in [5.41, 5.74) is 0.611. The first-order valence-corrected chi connectivity index (χ1v) is 3.80. The van der Waals surface area contributed by atoms with Gasteiger partial charge in [0.05, 0.1) is 12.7 Å². The Bertz CT molecular complexity index is 184. The summed E-state index contributed by atoms with van der Waals surface area (Å²) in [4.78, 5) is 11.0. The fourth-order valence-corrected chi connectivity index (χ4v) is 1.10. The summed E-state index contributed by atoms with van der Waals surface area (Å²) in [6.07, 6.45) is 2.40. The Hall–Kier alpha value is -0.830. The van der Waals surface area contributed by atoms with Gasteiger partial charge in [0.2, 0.25) is 0 Å². The quantitative estimate of drug-likeness (QED) is 0.596. The molecule has 1 rings (SSSR count). The lowest BCUT2D eigenvalue weighted by atomic mass is 10.2. The maximum Gasteiger partial charge on any atom is 0.333 e. The topological polar surface area (TPSA) is 46.5 Å². The van der Waals surface area contributed by atoms with Gasteiger partial charge >= 0.3 is 5.97 Å². The summed E-state index contributed by atoms with van der Waals surface area (Å²) in [6, 6.07) is 0. The number of ether oxygens (including phenoxy) is 1. The fraction of sp³-hybridized carbons (Fsp3) is 0.625. The van der Waals surface area contributed by atoms with E-state index in [1.54, 1.807) is 13.0 Å². The van der Waals surface area contributed by atoms with Crippen LogP contribution in [-0.4, -0.2) is 23.8 Å². The predicted molar refractivity (Wildman–Crippen MR) is 40.0 cm³/mol. The number of esters is 1. The Balaban J connectivity index is 2.48. The lowest BCUT2D eigenvalue weighted by Gasteiger charge is -1.99. The first-order chi connectivity index (χ1) is 5.24. The van der Waals surface area contributed by atoms with E-state index in [-0.39, 0.29) is 5.97 Å². The molecule has 0 aromatic rings. The summed E-state index contributed by atoms with van der Waals surface area (Å²) < 4.78 is 4.76. The van der Waals surface area contributed by atoms with Gasteiger partial charge in [-0.05, 0) is 25.8 Å². The summed E-state index contributed by atoms with van der Waals surface area (Å²) in [7, 11) is 0. The molecule has 0 saturated heterocycles. The minimum Gasteiger partial charge on any atom is -0.463 e. The smallest absolute Gasteiger partial charge is 0.333 e. The largest absolute Gasteiger partial charge is 0.463 e. The zero-order valence-corrected chi connectivity index (χ0v) is 6.54. The van der Waals surface area contributed by atoms with E-state index in [4.69, 9.17) is 9.84 Å². The highest BCUT2D eigenvalue weighted by Gasteiger charge is 2.19. The molecule has 1 atom stereocenters. The van der Waals surface area contributed by atoms with Gasteiger partial charge in [-0.15, -0.1) is 0 Å². The number of rotatable bonds is 2. The number of aliphatic hydroxyl groups is 1. The highest BCUT2D eigenvalue weighted by atomic mass is 16.5. The molecular formula is C8H12O3. The molecule has 0 saturated carbocycles. The summed E-state index contributed by atoms with van der Waals surface area (Å²) in [5, 5.41) is 9.03. The first-order valence-electron chi connectivity index (χ1n) is 3.80. The van der Waals surface area contributed by atoms with Gasteiger partial charge in [0.15, 0.2) is 0 Å². The Kier molecular flexibility index (Phi) is 2.65. The van der Waals surface area contributed by atoms with Crippen molar-refractivity contribution < 1.29 is 14.6 Å². The normalized spacial score (nSPS) is 23.1. The van der Waals surface area contributed by atoms with E-state index in [0.717, 1.165) is 0 Å². The molecule has 0 aromatic heterocycles. The monoisotopic (exact) mass is 156 g/mol. The van der Waals surface area contributed by atoms with Gasteiger partial charge < -0.3 is 9.84 Å². The second kappa shape index (κ2) is 3.53. The van der Waals surface area contributed by atoms with Gasteiger partial charge in [-0.2, -0.15) is 0 Å². The number of carbonyl (C=O) groups excluding carboxylic acids is 1. The van der Waals surface area contributed by atoms with Crippen molar-refractivity contribution in [2.75, 3.05) is 6.61 Å². The van der Waals surface area contributed by atoms with Crippen molar-refractivity contribution in [2.24, 2.45) is 0 Å². The average Bonchev–Trinajstić information content (AvgIpc) is 2.36. The minimum atomic E-state index is -0.450. The Morgan fingerprint density at radius 2 is 2.64 bits per heavy atom. The van der Waals surface area contributed by atoms with Crippen molar-refractivity contribution in [3.8, 4) is 0 Å². The van der Waals surface area contributed by atoms with Crippen LogP contribution in [0.15, 0.2) is 11.6 Å². The third kappa shape index (κ3) is 2.05. The average molecular weight is 156 g/mol. The molecule has 0 spiro atoms. The van der Waals surface area contributed by atoms with Crippen LogP contribution < -0.4 is 0 Å². The minimum absolute atomic E-state index is 0.288. The van der Waals surface area contributed by atoms with Gasteiger partial charge in [-0.1, -0.05) is 0 Å². The van der Waals surface area contributed by atoms with Crippen LogP contribution in [0.25, 0.3) is 0 Å². The molecule has 0 amide bonds. The zero-order valence-electron chi connectivity index (χ0n) is 6.54. The second-order valence-corrected chi connectivity index (χ2v) is 2.52. The molecule has 0 aliphatic heterocycles. The molecule has 1 N–H and O–H groups in total. The molecule has 0 heterocycles.